The monoisotopic (exact) mass is 118 g/mol. The molecule has 1 heteroatoms. The minimum Gasteiger partial charge on any atom is -0.247 e. The lowest BCUT2D eigenvalue weighted by Crippen LogP contribution is -1.72. The van der Waals surface area contributed by atoms with Gasteiger partial charge < -0.3 is 0 Å². The van der Waals surface area contributed by atoms with Crippen LogP contribution in [0.3, 0.4) is 0 Å². The highest BCUT2D eigenvalue weighted by atomic mass is 19.1. The molecule has 0 aliphatic heterocycles. The van der Waals surface area contributed by atoms with Gasteiger partial charge in [0.25, 0.3) is 0 Å². The van der Waals surface area contributed by atoms with Crippen molar-refractivity contribution in [2.45, 2.75) is 39.8 Å². The van der Waals surface area contributed by atoms with E-state index >= 15 is 0 Å². The second-order valence-electron chi connectivity index (χ2n) is 1.92. The average Bonchev–Trinajstić information content (AvgIpc) is 2.52. The number of hydrogen-bond donors (Lipinski definition) is 0. The lowest BCUT2D eigenvalue weighted by atomic mass is 10.3. The van der Waals surface area contributed by atoms with Crippen LogP contribution < -0.4 is 0 Å². The van der Waals surface area contributed by atoms with E-state index in [9.17, 15) is 4.39 Å². The second kappa shape index (κ2) is 3.88. The normalized spacial score (nSPS) is 33.0. The van der Waals surface area contributed by atoms with Crippen molar-refractivity contribution in [3.05, 3.63) is 0 Å². The molecule has 1 rings (SSSR count). The molecule has 0 N–H and O–H groups in total. The van der Waals surface area contributed by atoms with E-state index in [1.54, 1.807) is 0 Å². The summed E-state index contributed by atoms with van der Waals surface area (Å²) in [5.41, 5.74) is 0. The van der Waals surface area contributed by atoms with E-state index in [1.807, 2.05) is 20.8 Å². The molecule has 0 spiro atoms. The molecule has 1 fully saturated rings. The number of rotatable bonds is 1. The third-order valence-corrected chi connectivity index (χ3v) is 1.36. The molecular formula is C7H15F. The maximum atomic E-state index is 11.8. The number of hydrogen-bond acceptors (Lipinski definition) is 0. The molecule has 0 amide bonds. The van der Waals surface area contributed by atoms with Crippen molar-refractivity contribution in [3.63, 3.8) is 0 Å². The van der Waals surface area contributed by atoms with Gasteiger partial charge in [0.05, 0.1) is 0 Å². The van der Waals surface area contributed by atoms with Gasteiger partial charge in [-0.3, -0.25) is 0 Å². The SMILES string of the molecule is CC.CCC1CC1F. The molecular weight excluding hydrogens is 103 g/mol. The van der Waals surface area contributed by atoms with E-state index in [4.69, 9.17) is 0 Å². The third-order valence-electron chi connectivity index (χ3n) is 1.36. The maximum Gasteiger partial charge on any atom is 0.103 e. The van der Waals surface area contributed by atoms with Crippen LogP contribution in [0.25, 0.3) is 0 Å². The smallest absolute Gasteiger partial charge is 0.103 e. The van der Waals surface area contributed by atoms with Gasteiger partial charge in [-0.2, -0.15) is 0 Å². The highest BCUT2D eigenvalue weighted by Gasteiger charge is 2.34. The standard InChI is InChI=1S/C5H9F.C2H6/c1-2-4-3-5(4)6;1-2/h4-5H,2-3H2,1H3;1-2H3. The molecule has 2 unspecified atom stereocenters. The van der Waals surface area contributed by atoms with Crippen molar-refractivity contribution < 1.29 is 4.39 Å². The van der Waals surface area contributed by atoms with Crippen LogP contribution in [-0.2, 0) is 0 Å². The molecule has 0 bridgehead atoms. The van der Waals surface area contributed by atoms with Gasteiger partial charge >= 0.3 is 0 Å². The first kappa shape index (κ1) is 7.93. The average molecular weight is 118 g/mol. The fourth-order valence-corrected chi connectivity index (χ4v) is 0.633. The summed E-state index contributed by atoms with van der Waals surface area (Å²) in [5.74, 6) is 0.435. The minimum atomic E-state index is -0.435. The topological polar surface area (TPSA) is 0 Å². The summed E-state index contributed by atoms with van der Waals surface area (Å²) in [4.78, 5) is 0. The van der Waals surface area contributed by atoms with Crippen molar-refractivity contribution in [1.29, 1.82) is 0 Å². The highest BCUT2D eigenvalue weighted by molar-refractivity contribution is 4.84. The Morgan fingerprint density at radius 3 is 1.88 bits per heavy atom. The molecule has 0 aromatic rings. The fourth-order valence-electron chi connectivity index (χ4n) is 0.633. The van der Waals surface area contributed by atoms with Gasteiger partial charge in [0.1, 0.15) is 6.17 Å². The first-order valence-electron chi connectivity index (χ1n) is 3.48. The Balaban J connectivity index is 0.000000222. The quantitative estimate of drug-likeness (QED) is 0.496. The summed E-state index contributed by atoms with van der Waals surface area (Å²) in [7, 11) is 0. The molecule has 1 saturated carbocycles. The van der Waals surface area contributed by atoms with Crippen molar-refractivity contribution >= 4 is 0 Å². The van der Waals surface area contributed by atoms with Gasteiger partial charge in [0.15, 0.2) is 0 Å². The van der Waals surface area contributed by atoms with Crippen LogP contribution in [0.15, 0.2) is 0 Å². The third kappa shape index (κ3) is 2.29. The summed E-state index contributed by atoms with van der Waals surface area (Å²) >= 11 is 0. The zero-order valence-electron chi connectivity index (χ0n) is 5.95. The molecule has 0 nitrogen and oxygen atoms in total. The zero-order chi connectivity index (χ0) is 6.57. The predicted molar refractivity (Wildman–Crippen MR) is 34.6 cm³/mol. The Hall–Kier alpha value is -0.0700. The van der Waals surface area contributed by atoms with Crippen LogP contribution in [0.2, 0.25) is 0 Å². The first-order valence-corrected chi connectivity index (χ1v) is 3.48. The minimum absolute atomic E-state index is 0.435. The molecule has 2 atom stereocenters. The summed E-state index contributed by atoms with van der Waals surface area (Å²) < 4.78 is 11.8. The molecule has 1 aliphatic rings. The highest BCUT2D eigenvalue weighted by Crippen LogP contribution is 2.35. The van der Waals surface area contributed by atoms with Crippen LogP contribution >= 0.6 is 0 Å². The van der Waals surface area contributed by atoms with Gasteiger partial charge in [-0.15, -0.1) is 0 Å². The fraction of sp³-hybridized carbons (Fsp3) is 1.00. The van der Waals surface area contributed by atoms with Crippen LogP contribution in [0, 0.1) is 5.92 Å². The Bertz CT molecular complexity index is 50.3. The summed E-state index contributed by atoms with van der Waals surface area (Å²) in [6.07, 6.45) is 1.42. The van der Waals surface area contributed by atoms with Gasteiger partial charge in [0.2, 0.25) is 0 Å². The molecule has 0 heterocycles. The summed E-state index contributed by atoms with van der Waals surface area (Å²) in [6, 6.07) is 0. The van der Waals surface area contributed by atoms with Gasteiger partial charge in [0, 0.05) is 0 Å². The van der Waals surface area contributed by atoms with Crippen molar-refractivity contribution in [3.8, 4) is 0 Å². The van der Waals surface area contributed by atoms with Crippen molar-refractivity contribution in [2.75, 3.05) is 0 Å². The van der Waals surface area contributed by atoms with E-state index in [0.717, 1.165) is 12.8 Å². The second-order valence-corrected chi connectivity index (χ2v) is 1.92. The zero-order valence-corrected chi connectivity index (χ0v) is 5.95. The Morgan fingerprint density at radius 2 is 1.88 bits per heavy atom. The molecule has 0 aromatic carbocycles. The molecule has 1 aliphatic carbocycles. The van der Waals surface area contributed by atoms with E-state index in [2.05, 4.69) is 0 Å². The largest absolute Gasteiger partial charge is 0.247 e. The van der Waals surface area contributed by atoms with Crippen LogP contribution in [0.4, 0.5) is 4.39 Å². The first-order chi connectivity index (χ1) is 3.84. The maximum absolute atomic E-state index is 11.8. The van der Waals surface area contributed by atoms with E-state index in [1.165, 1.54) is 0 Å². The van der Waals surface area contributed by atoms with Gasteiger partial charge in [-0.25, -0.2) is 4.39 Å². The van der Waals surface area contributed by atoms with Crippen molar-refractivity contribution in [1.82, 2.24) is 0 Å². The van der Waals surface area contributed by atoms with Gasteiger partial charge in [-0.05, 0) is 12.3 Å². The van der Waals surface area contributed by atoms with E-state index in [-0.39, 0.29) is 0 Å². The van der Waals surface area contributed by atoms with Crippen molar-refractivity contribution in [2.24, 2.45) is 5.92 Å². The lowest BCUT2D eigenvalue weighted by molar-refractivity contribution is 0.442. The molecule has 8 heavy (non-hydrogen) atoms. The number of alkyl halides is 1. The van der Waals surface area contributed by atoms with E-state index < -0.39 is 6.17 Å². The lowest BCUT2D eigenvalue weighted by Gasteiger charge is -1.76. The Labute approximate surface area is 51.1 Å². The Kier molecular flexibility index (Phi) is 3.84. The number of halogens is 1. The van der Waals surface area contributed by atoms with Gasteiger partial charge in [-0.1, -0.05) is 27.2 Å². The summed E-state index contributed by atoms with van der Waals surface area (Å²) in [5, 5.41) is 0. The molecule has 50 valence electrons. The molecule has 0 radical (unpaired) electrons. The van der Waals surface area contributed by atoms with Crippen LogP contribution in [0.5, 0.6) is 0 Å². The summed E-state index contributed by atoms with van der Waals surface area (Å²) in [6.45, 7) is 6.03. The molecule has 0 saturated heterocycles. The Morgan fingerprint density at radius 1 is 1.50 bits per heavy atom. The van der Waals surface area contributed by atoms with Crippen LogP contribution in [-0.4, -0.2) is 6.17 Å². The van der Waals surface area contributed by atoms with Crippen LogP contribution in [0.1, 0.15) is 33.6 Å². The van der Waals surface area contributed by atoms with E-state index in [0.29, 0.717) is 5.92 Å². The predicted octanol–water partition coefficient (Wildman–Crippen LogP) is 2.78. The molecule has 0 aromatic heterocycles.